The number of benzene rings is 4. The summed E-state index contributed by atoms with van der Waals surface area (Å²) < 4.78 is 5.24. The fourth-order valence-electron chi connectivity index (χ4n) is 5.85. The predicted octanol–water partition coefficient (Wildman–Crippen LogP) is 6.22. The highest BCUT2D eigenvalue weighted by atomic mass is 35.5. The van der Waals surface area contributed by atoms with Crippen LogP contribution in [0.5, 0.6) is 5.75 Å². The topological polar surface area (TPSA) is 75.7 Å². The van der Waals surface area contributed by atoms with Gasteiger partial charge in [-0.3, -0.25) is 14.4 Å². The molecule has 1 heterocycles. The molecule has 0 spiro atoms. The monoisotopic (exact) mass is 566 g/mol. The van der Waals surface area contributed by atoms with E-state index in [4.69, 9.17) is 16.3 Å². The van der Waals surface area contributed by atoms with E-state index in [-0.39, 0.29) is 24.1 Å². The van der Waals surface area contributed by atoms with E-state index < -0.39 is 23.9 Å². The molecule has 5 rings (SSSR count). The molecule has 1 N–H and O–H groups in total. The van der Waals surface area contributed by atoms with Crippen LogP contribution in [0.3, 0.4) is 0 Å². The van der Waals surface area contributed by atoms with Gasteiger partial charge in [-0.15, -0.1) is 0 Å². The number of nitrogens with zero attached hydrogens (tertiary/aromatic N) is 1. The van der Waals surface area contributed by atoms with E-state index in [1.54, 1.807) is 42.3 Å². The zero-order valence-electron chi connectivity index (χ0n) is 22.9. The van der Waals surface area contributed by atoms with Gasteiger partial charge >= 0.3 is 0 Å². The summed E-state index contributed by atoms with van der Waals surface area (Å²) in [5.74, 6) is -1.40. The van der Waals surface area contributed by atoms with Crippen molar-refractivity contribution >= 4 is 29.2 Å². The number of carbonyl (C=O) groups is 3. The minimum Gasteiger partial charge on any atom is -0.497 e. The Morgan fingerprint density at radius 3 is 2.07 bits per heavy atom. The van der Waals surface area contributed by atoms with Gasteiger partial charge in [0.25, 0.3) is 0 Å². The number of Topliss-reactive ketones (excluding diaryl/α,β-unsaturated/α-hetero) is 1. The van der Waals surface area contributed by atoms with Crippen LogP contribution in [0.25, 0.3) is 0 Å². The number of rotatable bonds is 8. The number of methoxy groups -OCH3 is 1. The van der Waals surface area contributed by atoms with Crippen molar-refractivity contribution in [3.05, 3.63) is 136 Å². The molecule has 4 aromatic rings. The van der Waals surface area contributed by atoms with E-state index in [2.05, 4.69) is 5.32 Å². The van der Waals surface area contributed by atoms with Crippen LogP contribution in [0.15, 0.2) is 109 Å². The number of hydrogen-bond donors (Lipinski definition) is 1. The summed E-state index contributed by atoms with van der Waals surface area (Å²) in [5.41, 5.74) is 2.91. The van der Waals surface area contributed by atoms with Gasteiger partial charge in [0.05, 0.1) is 19.1 Å². The summed E-state index contributed by atoms with van der Waals surface area (Å²) >= 11 is 6.41. The molecule has 4 atom stereocenters. The lowest BCUT2D eigenvalue weighted by Crippen LogP contribution is -2.47. The third kappa shape index (κ3) is 5.88. The van der Waals surface area contributed by atoms with Crippen molar-refractivity contribution in [3.63, 3.8) is 0 Å². The van der Waals surface area contributed by atoms with Crippen LogP contribution < -0.4 is 10.1 Å². The zero-order valence-corrected chi connectivity index (χ0v) is 23.6. The van der Waals surface area contributed by atoms with Crippen LogP contribution in [0, 0.1) is 5.92 Å². The maximum Gasteiger partial charge on any atom is 0.243 e. The van der Waals surface area contributed by atoms with Gasteiger partial charge in [-0.2, -0.15) is 0 Å². The quantitative estimate of drug-likeness (QED) is 0.257. The first-order chi connectivity index (χ1) is 19.9. The standard InChI is InChI=1S/C34H31ClN2O4/c1-22(38)37-31(26-14-9-15-27(35)20-26)30(33(39)25-12-7-4-8-13-25)29(24-10-5-3-6-11-24)32(37)34(40)36-21-23-16-18-28(41-2)19-17-23/h3-20,29-32H,21H2,1-2H3,(H,36,40). The van der Waals surface area contributed by atoms with Gasteiger partial charge in [-0.1, -0.05) is 96.5 Å². The minimum atomic E-state index is -0.935. The molecule has 1 aliphatic rings. The molecule has 1 saturated heterocycles. The summed E-state index contributed by atoms with van der Waals surface area (Å²) in [4.78, 5) is 43.5. The summed E-state index contributed by atoms with van der Waals surface area (Å²) in [6.07, 6.45) is 0. The van der Waals surface area contributed by atoms with Crippen LogP contribution >= 0.6 is 11.6 Å². The van der Waals surface area contributed by atoms with E-state index in [1.165, 1.54) is 6.92 Å². The summed E-state index contributed by atoms with van der Waals surface area (Å²) in [6, 6.07) is 31.5. The number of ether oxygens (including phenoxy) is 1. The molecular formula is C34H31ClN2O4. The fraction of sp³-hybridized carbons (Fsp3) is 0.206. The molecule has 6 nitrogen and oxygen atoms in total. The number of hydrogen-bond acceptors (Lipinski definition) is 4. The highest BCUT2D eigenvalue weighted by Gasteiger charge is 2.56. The summed E-state index contributed by atoms with van der Waals surface area (Å²) in [5, 5.41) is 3.52. The molecule has 1 fully saturated rings. The lowest BCUT2D eigenvalue weighted by atomic mass is 9.76. The van der Waals surface area contributed by atoms with E-state index in [0.717, 1.165) is 16.9 Å². The van der Waals surface area contributed by atoms with Crippen molar-refractivity contribution in [1.29, 1.82) is 0 Å². The van der Waals surface area contributed by atoms with E-state index in [9.17, 15) is 14.4 Å². The molecule has 2 amide bonds. The van der Waals surface area contributed by atoms with E-state index in [0.29, 0.717) is 16.1 Å². The predicted molar refractivity (Wildman–Crippen MR) is 159 cm³/mol. The van der Waals surface area contributed by atoms with Crippen molar-refractivity contribution < 1.29 is 19.1 Å². The average Bonchev–Trinajstić information content (AvgIpc) is 3.37. The Morgan fingerprint density at radius 2 is 1.46 bits per heavy atom. The summed E-state index contributed by atoms with van der Waals surface area (Å²) in [6.45, 7) is 1.70. The average molecular weight is 567 g/mol. The second-order valence-electron chi connectivity index (χ2n) is 10.1. The van der Waals surface area contributed by atoms with Gasteiger partial charge in [-0.25, -0.2) is 0 Å². The first-order valence-corrected chi connectivity index (χ1v) is 13.9. The van der Waals surface area contributed by atoms with Crippen LogP contribution in [0.1, 0.15) is 45.9 Å². The second-order valence-corrected chi connectivity index (χ2v) is 10.6. The van der Waals surface area contributed by atoms with Gasteiger partial charge in [0.2, 0.25) is 11.8 Å². The van der Waals surface area contributed by atoms with Crippen LogP contribution in [0.4, 0.5) is 0 Å². The van der Waals surface area contributed by atoms with Crippen molar-refractivity contribution in [3.8, 4) is 5.75 Å². The Morgan fingerprint density at radius 1 is 0.829 bits per heavy atom. The molecule has 7 heteroatoms. The maximum atomic E-state index is 14.4. The molecule has 0 aliphatic carbocycles. The van der Waals surface area contributed by atoms with E-state index >= 15 is 0 Å². The van der Waals surface area contributed by atoms with Crippen molar-refractivity contribution in [2.75, 3.05) is 7.11 Å². The van der Waals surface area contributed by atoms with Crippen molar-refractivity contribution in [2.24, 2.45) is 5.92 Å². The third-order valence-corrected chi connectivity index (χ3v) is 7.90. The van der Waals surface area contributed by atoms with Gasteiger partial charge in [-0.05, 0) is 41.0 Å². The summed E-state index contributed by atoms with van der Waals surface area (Å²) in [7, 11) is 1.60. The molecule has 0 bridgehead atoms. The normalized spacial score (nSPS) is 19.9. The highest BCUT2D eigenvalue weighted by molar-refractivity contribution is 6.30. The van der Waals surface area contributed by atoms with Crippen molar-refractivity contribution in [2.45, 2.75) is 31.5 Å². The third-order valence-electron chi connectivity index (χ3n) is 7.66. The molecule has 0 radical (unpaired) electrons. The number of carbonyl (C=O) groups excluding carboxylic acids is 3. The Hall–Kier alpha value is -4.42. The largest absolute Gasteiger partial charge is 0.497 e. The van der Waals surface area contributed by atoms with Crippen LogP contribution in [0.2, 0.25) is 5.02 Å². The molecular weight excluding hydrogens is 536 g/mol. The first-order valence-electron chi connectivity index (χ1n) is 13.5. The molecule has 1 aliphatic heterocycles. The Balaban J connectivity index is 1.63. The number of amides is 2. The van der Waals surface area contributed by atoms with Gasteiger partial charge < -0.3 is 15.0 Å². The fourth-order valence-corrected chi connectivity index (χ4v) is 6.05. The minimum absolute atomic E-state index is 0.138. The second kappa shape index (κ2) is 12.4. The molecule has 4 aromatic carbocycles. The Labute approximate surface area is 244 Å². The SMILES string of the molecule is COc1ccc(CNC(=O)C2C(c3ccccc3)C(C(=O)c3ccccc3)C(c3cccc(Cl)c3)N2C(C)=O)cc1. The Kier molecular flexibility index (Phi) is 8.50. The number of ketones is 1. The lowest BCUT2D eigenvalue weighted by Gasteiger charge is -2.30. The van der Waals surface area contributed by atoms with Crippen molar-refractivity contribution in [1.82, 2.24) is 10.2 Å². The lowest BCUT2D eigenvalue weighted by molar-refractivity contribution is -0.139. The molecule has 4 unspecified atom stereocenters. The highest BCUT2D eigenvalue weighted by Crippen LogP contribution is 2.51. The van der Waals surface area contributed by atoms with Gasteiger partial charge in [0.1, 0.15) is 11.8 Å². The molecule has 208 valence electrons. The smallest absolute Gasteiger partial charge is 0.243 e. The van der Waals surface area contributed by atoms with Gasteiger partial charge in [0.15, 0.2) is 5.78 Å². The molecule has 0 saturated carbocycles. The van der Waals surface area contributed by atoms with Gasteiger partial charge in [0, 0.05) is 30.0 Å². The molecule has 41 heavy (non-hydrogen) atoms. The Bertz CT molecular complexity index is 1530. The number of likely N-dealkylation sites (tertiary alicyclic amines) is 1. The van der Waals surface area contributed by atoms with Crippen LogP contribution in [-0.4, -0.2) is 35.6 Å². The maximum absolute atomic E-state index is 14.4. The van der Waals surface area contributed by atoms with E-state index in [1.807, 2.05) is 78.9 Å². The first kappa shape index (κ1) is 28.1. The number of nitrogens with one attached hydrogen (secondary N) is 1. The molecule has 0 aromatic heterocycles. The number of halogens is 1. The van der Waals surface area contributed by atoms with Crippen LogP contribution in [-0.2, 0) is 16.1 Å². The zero-order chi connectivity index (χ0) is 28.9.